The van der Waals surface area contributed by atoms with Crippen molar-refractivity contribution in [3.63, 3.8) is 0 Å². The lowest BCUT2D eigenvalue weighted by Crippen LogP contribution is -2.31. The Morgan fingerprint density at radius 2 is 1.88 bits per heavy atom. The van der Waals surface area contributed by atoms with Gasteiger partial charge in [-0.05, 0) is 55.7 Å². The van der Waals surface area contributed by atoms with E-state index in [-0.39, 0.29) is 4.90 Å². The summed E-state index contributed by atoms with van der Waals surface area (Å²) in [6.07, 6.45) is 1.33. The van der Waals surface area contributed by atoms with E-state index in [1.54, 1.807) is 45.4 Å². The Morgan fingerprint density at radius 1 is 1.12 bits per heavy atom. The van der Waals surface area contributed by atoms with Crippen LogP contribution in [0, 0.1) is 12.7 Å². The van der Waals surface area contributed by atoms with Crippen LogP contribution in [0.3, 0.4) is 0 Å². The van der Waals surface area contributed by atoms with E-state index in [4.69, 9.17) is 9.47 Å². The van der Waals surface area contributed by atoms with Gasteiger partial charge in [-0.3, -0.25) is 0 Å². The number of benzene rings is 2. The molecule has 1 fully saturated rings. The molecule has 2 aromatic rings. The van der Waals surface area contributed by atoms with Crippen LogP contribution in [0.5, 0.6) is 11.5 Å². The second-order valence-corrected chi connectivity index (χ2v) is 8.17. The van der Waals surface area contributed by atoms with Crippen LogP contribution in [0.1, 0.15) is 30.0 Å². The maximum absolute atomic E-state index is 14.3. The van der Waals surface area contributed by atoms with Crippen molar-refractivity contribution in [3.8, 4) is 11.5 Å². The van der Waals surface area contributed by atoms with Crippen LogP contribution in [0.4, 0.5) is 4.39 Å². The van der Waals surface area contributed by atoms with Gasteiger partial charge >= 0.3 is 0 Å². The van der Waals surface area contributed by atoms with Gasteiger partial charge in [0.2, 0.25) is 10.0 Å². The first-order valence-electron chi connectivity index (χ1n) is 8.38. The quantitative estimate of drug-likeness (QED) is 0.795. The molecular formula is C19H22FNO4S. The molecule has 1 aliphatic rings. The number of hydrogen-bond donors (Lipinski definition) is 0. The van der Waals surface area contributed by atoms with Crippen molar-refractivity contribution >= 4 is 10.0 Å². The molecule has 5 nitrogen and oxygen atoms in total. The van der Waals surface area contributed by atoms with E-state index in [9.17, 15) is 12.8 Å². The van der Waals surface area contributed by atoms with E-state index in [0.29, 0.717) is 36.4 Å². The third kappa shape index (κ3) is 3.29. The molecule has 7 heteroatoms. The molecule has 0 radical (unpaired) electrons. The van der Waals surface area contributed by atoms with Gasteiger partial charge in [0.15, 0.2) is 0 Å². The topological polar surface area (TPSA) is 55.8 Å². The van der Waals surface area contributed by atoms with Gasteiger partial charge < -0.3 is 9.47 Å². The SMILES string of the molecule is COc1ccc(OC)c(C2CCCN2S(=O)(=O)c2cc(C)ccc2F)c1. The number of hydrogen-bond acceptors (Lipinski definition) is 4. The lowest BCUT2D eigenvalue weighted by molar-refractivity contribution is 0.360. The molecule has 3 rings (SSSR count). The zero-order valence-electron chi connectivity index (χ0n) is 15.0. The van der Waals surface area contributed by atoms with Gasteiger partial charge in [0.05, 0.1) is 20.3 Å². The molecule has 0 N–H and O–H groups in total. The maximum Gasteiger partial charge on any atom is 0.246 e. The molecule has 0 aliphatic carbocycles. The third-order valence-corrected chi connectivity index (χ3v) is 6.60. The normalized spacial score (nSPS) is 18.1. The van der Waals surface area contributed by atoms with Crippen LogP contribution in [0.15, 0.2) is 41.3 Å². The number of methoxy groups -OCH3 is 2. The Labute approximate surface area is 153 Å². The fraction of sp³-hybridized carbons (Fsp3) is 0.368. The molecule has 0 bridgehead atoms. The highest BCUT2D eigenvalue weighted by Crippen LogP contribution is 2.42. The zero-order valence-corrected chi connectivity index (χ0v) is 15.8. The molecule has 140 valence electrons. The molecular weight excluding hydrogens is 357 g/mol. The Kier molecular flexibility index (Phi) is 5.20. The number of rotatable bonds is 5. The van der Waals surface area contributed by atoms with E-state index in [1.165, 1.54) is 16.4 Å². The standard InChI is InChI=1S/C19H22FNO4S/c1-13-6-8-16(20)19(11-13)26(22,23)21-10-4-5-17(21)15-12-14(24-2)7-9-18(15)25-3/h6-9,11-12,17H,4-5,10H2,1-3H3. The molecule has 1 heterocycles. The van der Waals surface area contributed by atoms with Gasteiger partial charge in [-0.15, -0.1) is 0 Å². The molecule has 1 atom stereocenters. The average Bonchev–Trinajstić information content (AvgIpc) is 3.13. The Bertz CT molecular complexity index is 914. The van der Waals surface area contributed by atoms with Crippen LogP contribution in [0.25, 0.3) is 0 Å². The summed E-state index contributed by atoms with van der Waals surface area (Å²) in [5.41, 5.74) is 1.42. The van der Waals surface area contributed by atoms with Crippen molar-refractivity contribution in [1.29, 1.82) is 0 Å². The third-order valence-electron chi connectivity index (χ3n) is 4.67. The van der Waals surface area contributed by atoms with E-state index in [1.807, 2.05) is 0 Å². The first-order valence-corrected chi connectivity index (χ1v) is 9.82. The van der Waals surface area contributed by atoms with Gasteiger partial charge in [0.1, 0.15) is 22.2 Å². The Balaban J connectivity index is 2.07. The Morgan fingerprint density at radius 3 is 2.58 bits per heavy atom. The van der Waals surface area contributed by atoms with Crippen molar-refractivity contribution in [1.82, 2.24) is 4.31 Å². The van der Waals surface area contributed by atoms with Crippen LogP contribution >= 0.6 is 0 Å². The Hall–Kier alpha value is -2.12. The summed E-state index contributed by atoms with van der Waals surface area (Å²) in [5.74, 6) is 0.466. The van der Waals surface area contributed by atoms with Gasteiger partial charge in [0.25, 0.3) is 0 Å². The summed E-state index contributed by atoms with van der Waals surface area (Å²) in [6.45, 7) is 2.08. The summed E-state index contributed by atoms with van der Waals surface area (Å²) < 4.78 is 52.6. The van der Waals surface area contributed by atoms with Crippen LogP contribution in [-0.4, -0.2) is 33.5 Å². The molecule has 26 heavy (non-hydrogen) atoms. The van der Waals surface area contributed by atoms with Crippen LogP contribution in [-0.2, 0) is 10.0 Å². The largest absolute Gasteiger partial charge is 0.497 e. The molecule has 2 aromatic carbocycles. The number of sulfonamides is 1. The van der Waals surface area contributed by atoms with E-state index in [0.717, 1.165) is 5.56 Å². The molecule has 1 saturated heterocycles. The molecule has 1 aliphatic heterocycles. The lowest BCUT2D eigenvalue weighted by Gasteiger charge is -2.26. The van der Waals surface area contributed by atoms with Crippen molar-refractivity contribution in [3.05, 3.63) is 53.3 Å². The summed E-state index contributed by atoms with van der Waals surface area (Å²) in [6, 6.07) is 9.00. The summed E-state index contributed by atoms with van der Waals surface area (Å²) in [7, 11) is -0.878. The van der Waals surface area contributed by atoms with Gasteiger partial charge in [-0.2, -0.15) is 4.31 Å². The molecule has 0 saturated carbocycles. The van der Waals surface area contributed by atoms with Crippen molar-refractivity contribution in [2.75, 3.05) is 20.8 Å². The zero-order chi connectivity index (χ0) is 18.9. The highest BCUT2D eigenvalue weighted by Gasteiger charge is 2.39. The highest BCUT2D eigenvalue weighted by atomic mass is 32.2. The smallest absolute Gasteiger partial charge is 0.246 e. The predicted octanol–water partition coefficient (Wildman–Crippen LogP) is 3.68. The van der Waals surface area contributed by atoms with Gasteiger partial charge in [0, 0.05) is 12.1 Å². The second-order valence-electron chi connectivity index (χ2n) is 6.32. The van der Waals surface area contributed by atoms with Gasteiger partial charge in [-0.1, -0.05) is 6.07 Å². The minimum atomic E-state index is -3.97. The predicted molar refractivity (Wildman–Crippen MR) is 96.5 cm³/mol. The second kappa shape index (κ2) is 7.25. The van der Waals surface area contributed by atoms with E-state index >= 15 is 0 Å². The minimum absolute atomic E-state index is 0.286. The monoisotopic (exact) mass is 379 g/mol. The molecule has 0 spiro atoms. The first-order chi connectivity index (χ1) is 12.4. The summed E-state index contributed by atoms with van der Waals surface area (Å²) in [5, 5.41) is 0. The van der Waals surface area contributed by atoms with Crippen LogP contribution < -0.4 is 9.47 Å². The maximum atomic E-state index is 14.3. The number of halogens is 1. The average molecular weight is 379 g/mol. The number of aryl methyl sites for hydroxylation is 1. The molecule has 1 unspecified atom stereocenters. The fourth-order valence-electron chi connectivity index (χ4n) is 3.37. The summed E-state index contributed by atoms with van der Waals surface area (Å²) >= 11 is 0. The highest BCUT2D eigenvalue weighted by molar-refractivity contribution is 7.89. The van der Waals surface area contributed by atoms with E-state index in [2.05, 4.69) is 0 Å². The van der Waals surface area contributed by atoms with Crippen molar-refractivity contribution in [2.24, 2.45) is 0 Å². The molecule has 0 aromatic heterocycles. The molecule has 0 amide bonds. The lowest BCUT2D eigenvalue weighted by atomic mass is 10.0. The van der Waals surface area contributed by atoms with Gasteiger partial charge in [-0.25, -0.2) is 12.8 Å². The number of ether oxygens (including phenoxy) is 2. The van der Waals surface area contributed by atoms with E-state index < -0.39 is 21.9 Å². The van der Waals surface area contributed by atoms with Crippen molar-refractivity contribution < 1.29 is 22.3 Å². The number of nitrogens with zero attached hydrogens (tertiary/aromatic N) is 1. The first kappa shape index (κ1) is 18.7. The minimum Gasteiger partial charge on any atom is -0.497 e. The summed E-state index contributed by atoms with van der Waals surface area (Å²) in [4.78, 5) is -0.286. The van der Waals surface area contributed by atoms with Crippen molar-refractivity contribution in [2.45, 2.75) is 30.7 Å². The van der Waals surface area contributed by atoms with Crippen LogP contribution in [0.2, 0.25) is 0 Å². The fourth-order valence-corrected chi connectivity index (χ4v) is 5.20.